The van der Waals surface area contributed by atoms with Gasteiger partial charge < -0.3 is 4.74 Å². The van der Waals surface area contributed by atoms with Crippen LogP contribution in [-0.2, 0) is 6.42 Å². The SMILES string of the molecule is C=CCOc1ccc(C=O)cc1Cc1ccccc1. The lowest BCUT2D eigenvalue weighted by Gasteiger charge is -2.11. The third-order valence-corrected chi connectivity index (χ3v) is 2.81. The highest BCUT2D eigenvalue weighted by Crippen LogP contribution is 2.23. The van der Waals surface area contributed by atoms with E-state index in [9.17, 15) is 4.79 Å². The molecule has 0 fully saturated rings. The maximum Gasteiger partial charge on any atom is 0.150 e. The zero-order valence-electron chi connectivity index (χ0n) is 10.7. The Hall–Kier alpha value is -2.35. The first kappa shape index (κ1) is 13.1. The molecule has 0 unspecified atom stereocenters. The van der Waals surface area contributed by atoms with Gasteiger partial charge in [0, 0.05) is 12.0 Å². The molecular weight excluding hydrogens is 236 g/mol. The molecule has 96 valence electrons. The predicted octanol–water partition coefficient (Wildman–Crippen LogP) is 3.65. The van der Waals surface area contributed by atoms with Gasteiger partial charge in [0.2, 0.25) is 0 Å². The summed E-state index contributed by atoms with van der Waals surface area (Å²) in [6.07, 6.45) is 3.31. The van der Waals surface area contributed by atoms with E-state index in [4.69, 9.17) is 4.74 Å². The van der Waals surface area contributed by atoms with Crippen LogP contribution in [0.5, 0.6) is 5.75 Å². The van der Waals surface area contributed by atoms with Gasteiger partial charge in [0.25, 0.3) is 0 Å². The molecule has 0 bridgehead atoms. The van der Waals surface area contributed by atoms with Crippen LogP contribution in [0, 0.1) is 0 Å². The summed E-state index contributed by atoms with van der Waals surface area (Å²) in [7, 11) is 0. The molecule has 0 heterocycles. The minimum Gasteiger partial charge on any atom is -0.489 e. The van der Waals surface area contributed by atoms with Crippen molar-refractivity contribution in [1.29, 1.82) is 0 Å². The number of carbonyl (C=O) groups is 1. The highest BCUT2D eigenvalue weighted by Gasteiger charge is 2.06. The summed E-state index contributed by atoms with van der Waals surface area (Å²) in [6, 6.07) is 15.6. The van der Waals surface area contributed by atoms with Crippen molar-refractivity contribution in [2.75, 3.05) is 6.61 Å². The molecule has 0 aromatic heterocycles. The second-order valence-corrected chi connectivity index (χ2v) is 4.25. The van der Waals surface area contributed by atoms with Gasteiger partial charge in [0.05, 0.1) is 0 Å². The van der Waals surface area contributed by atoms with E-state index in [1.54, 1.807) is 12.1 Å². The highest BCUT2D eigenvalue weighted by atomic mass is 16.5. The van der Waals surface area contributed by atoms with E-state index in [1.165, 1.54) is 5.56 Å². The number of ether oxygens (including phenoxy) is 1. The smallest absolute Gasteiger partial charge is 0.150 e. The number of hydrogen-bond acceptors (Lipinski definition) is 2. The van der Waals surface area contributed by atoms with Crippen molar-refractivity contribution in [3.8, 4) is 5.75 Å². The third-order valence-electron chi connectivity index (χ3n) is 2.81. The molecule has 0 atom stereocenters. The molecule has 2 heteroatoms. The molecule has 0 amide bonds. The fourth-order valence-electron chi connectivity index (χ4n) is 1.92. The van der Waals surface area contributed by atoms with Crippen molar-refractivity contribution in [2.45, 2.75) is 6.42 Å². The van der Waals surface area contributed by atoms with Crippen LogP contribution >= 0.6 is 0 Å². The zero-order valence-corrected chi connectivity index (χ0v) is 10.7. The predicted molar refractivity (Wildman–Crippen MR) is 76.8 cm³/mol. The fraction of sp³-hybridized carbons (Fsp3) is 0.118. The monoisotopic (exact) mass is 252 g/mol. The standard InChI is InChI=1S/C17H16O2/c1-2-10-19-17-9-8-15(13-18)12-16(17)11-14-6-4-3-5-7-14/h2-9,12-13H,1,10-11H2. The second-order valence-electron chi connectivity index (χ2n) is 4.25. The van der Waals surface area contributed by atoms with Crippen LogP contribution in [0.25, 0.3) is 0 Å². The number of benzene rings is 2. The fourth-order valence-corrected chi connectivity index (χ4v) is 1.92. The quantitative estimate of drug-likeness (QED) is 0.579. The highest BCUT2D eigenvalue weighted by molar-refractivity contribution is 5.75. The summed E-state index contributed by atoms with van der Waals surface area (Å²) < 4.78 is 5.62. The van der Waals surface area contributed by atoms with Crippen LogP contribution in [-0.4, -0.2) is 12.9 Å². The van der Waals surface area contributed by atoms with Gasteiger partial charge in [-0.2, -0.15) is 0 Å². The van der Waals surface area contributed by atoms with E-state index in [0.29, 0.717) is 12.2 Å². The van der Waals surface area contributed by atoms with E-state index < -0.39 is 0 Å². The number of hydrogen-bond donors (Lipinski definition) is 0. The molecule has 0 N–H and O–H groups in total. The summed E-state index contributed by atoms with van der Waals surface area (Å²) in [6.45, 7) is 4.10. The van der Waals surface area contributed by atoms with Gasteiger partial charge in [-0.3, -0.25) is 4.79 Å². The van der Waals surface area contributed by atoms with Gasteiger partial charge in [0.15, 0.2) is 0 Å². The lowest BCUT2D eigenvalue weighted by molar-refractivity contribution is 0.112. The summed E-state index contributed by atoms with van der Waals surface area (Å²) in [4.78, 5) is 10.9. The topological polar surface area (TPSA) is 26.3 Å². The summed E-state index contributed by atoms with van der Waals surface area (Å²) in [5.41, 5.74) is 2.86. The number of aldehydes is 1. The molecule has 0 aliphatic carbocycles. The molecular formula is C17H16O2. The molecule has 0 aliphatic heterocycles. The van der Waals surface area contributed by atoms with Gasteiger partial charge in [-0.15, -0.1) is 0 Å². The minimum atomic E-state index is 0.461. The van der Waals surface area contributed by atoms with Gasteiger partial charge in [-0.1, -0.05) is 43.0 Å². The van der Waals surface area contributed by atoms with Gasteiger partial charge in [-0.25, -0.2) is 0 Å². The largest absolute Gasteiger partial charge is 0.489 e. The van der Waals surface area contributed by atoms with Gasteiger partial charge in [0.1, 0.15) is 18.6 Å². The minimum absolute atomic E-state index is 0.461. The van der Waals surface area contributed by atoms with Crippen LogP contribution in [0.1, 0.15) is 21.5 Å². The van der Waals surface area contributed by atoms with Crippen molar-refractivity contribution in [2.24, 2.45) is 0 Å². The van der Waals surface area contributed by atoms with Crippen molar-refractivity contribution in [3.63, 3.8) is 0 Å². The molecule has 0 saturated heterocycles. The van der Waals surface area contributed by atoms with Crippen molar-refractivity contribution in [3.05, 3.63) is 77.9 Å². The molecule has 2 aromatic rings. The average molecular weight is 252 g/mol. The van der Waals surface area contributed by atoms with E-state index >= 15 is 0 Å². The Labute approximate surface area is 113 Å². The van der Waals surface area contributed by atoms with E-state index in [0.717, 1.165) is 24.0 Å². The van der Waals surface area contributed by atoms with Crippen molar-refractivity contribution >= 4 is 6.29 Å². The Morgan fingerprint density at radius 2 is 1.89 bits per heavy atom. The molecule has 0 spiro atoms. The second kappa shape index (κ2) is 6.55. The third kappa shape index (κ3) is 3.55. The molecule has 0 saturated carbocycles. The number of rotatable bonds is 6. The van der Waals surface area contributed by atoms with E-state index in [1.807, 2.05) is 30.3 Å². The Morgan fingerprint density at radius 3 is 2.58 bits per heavy atom. The Morgan fingerprint density at radius 1 is 1.11 bits per heavy atom. The first-order valence-electron chi connectivity index (χ1n) is 6.19. The molecule has 2 aromatic carbocycles. The number of carbonyl (C=O) groups excluding carboxylic acids is 1. The lowest BCUT2D eigenvalue weighted by Crippen LogP contribution is -1.99. The maximum absolute atomic E-state index is 10.9. The first-order valence-corrected chi connectivity index (χ1v) is 6.19. The van der Waals surface area contributed by atoms with Crippen LogP contribution < -0.4 is 4.74 Å². The van der Waals surface area contributed by atoms with Crippen LogP contribution in [0.2, 0.25) is 0 Å². The molecule has 0 radical (unpaired) electrons. The summed E-state index contributed by atoms with van der Waals surface area (Å²) >= 11 is 0. The van der Waals surface area contributed by atoms with Crippen molar-refractivity contribution in [1.82, 2.24) is 0 Å². The average Bonchev–Trinajstić information content (AvgIpc) is 2.47. The van der Waals surface area contributed by atoms with E-state index in [2.05, 4.69) is 18.7 Å². The van der Waals surface area contributed by atoms with Gasteiger partial charge in [-0.05, 0) is 29.3 Å². The molecule has 19 heavy (non-hydrogen) atoms. The van der Waals surface area contributed by atoms with Crippen LogP contribution in [0.3, 0.4) is 0 Å². The van der Waals surface area contributed by atoms with Crippen LogP contribution in [0.15, 0.2) is 61.2 Å². The molecule has 2 rings (SSSR count). The van der Waals surface area contributed by atoms with Crippen LogP contribution in [0.4, 0.5) is 0 Å². The normalized spacial score (nSPS) is 9.89. The Balaban J connectivity index is 2.29. The summed E-state index contributed by atoms with van der Waals surface area (Å²) in [5.74, 6) is 0.800. The summed E-state index contributed by atoms with van der Waals surface area (Å²) in [5, 5.41) is 0. The lowest BCUT2D eigenvalue weighted by atomic mass is 10.0. The molecule has 0 aliphatic rings. The molecule has 2 nitrogen and oxygen atoms in total. The van der Waals surface area contributed by atoms with E-state index in [-0.39, 0.29) is 0 Å². The first-order chi connectivity index (χ1) is 9.33. The van der Waals surface area contributed by atoms with Gasteiger partial charge >= 0.3 is 0 Å². The Bertz CT molecular complexity index is 559. The van der Waals surface area contributed by atoms with Crippen molar-refractivity contribution < 1.29 is 9.53 Å². The zero-order chi connectivity index (χ0) is 13.5. The Kier molecular flexibility index (Phi) is 4.51. The maximum atomic E-state index is 10.9.